The minimum absolute atomic E-state index is 0.0862. The smallest absolute Gasteiger partial charge is 0.234 e. The van der Waals surface area contributed by atoms with Crippen molar-refractivity contribution in [2.75, 3.05) is 19.8 Å². The molecule has 110 valence electrons. The fourth-order valence-electron chi connectivity index (χ4n) is 2.79. The third-order valence-corrected chi connectivity index (χ3v) is 5.05. The van der Waals surface area contributed by atoms with E-state index < -0.39 is 0 Å². The molecule has 0 aliphatic heterocycles. The molecule has 2 rings (SSSR count). The Balaban J connectivity index is 1.76. The Morgan fingerprint density at radius 1 is 1.55 bits per heavy atom. The number of aromatic nitrogens is 1. The molecule has 1 aromatic rings. The molecule has 0 aromatic carbocycles. The number of carbonyl (C=O) groups is 1. The van der Waals surface area contributed by atoms with Crippen molar-refractivity contribution < 1.29 is 4.79 Å². The predicted molar refractivity (Wildman–Crippen MR) is 83.7 cm³/mol. The van der Waals surface area contributed by atoms with Gasteiger partial charge in [0.25, 0.3) is 0 Å². The first-order chi connectivity index (χ1) is 9.70. The Labute approximate surface area is 125 Å². The lowest BCUT2D eigenvalue weighted by Gasteiger charge is -2.28. The molecular weight excluding hydrogens is 270 g/mol. The Kier molecular flexibility index (Phi) is 5.86. The van der Waals surface area contributed by atoms with Crippen LogP contribution in [0.2, 0.25) is 0 Å². The highest BCUT2D eigenvalue weighted by atomic mass is 32.2. The van der Waals surface area contributed by atoms with Crippen molar-refractivity contribution in [1.29, 1.82) is 0 Å². The van der Waals surface area contributed by atoms with Gasteiger partial charge in [-0.2, -0.15) is 11.8 Å². The monoisotopic (exact) mass is 293 g/mol. The summed E-state index contributed by atoms with van der Waals surface area (Å²) in [6.45, 7) is 1.03. The number of hydrogen-bond donors (Lipinski definition) is 1. The van der Waals surface area contributed by atoms with Gasteiger partial charge in [-0.1, -0.05) is 12.5 Å². The Hall–Kier alpha value is -1.07. The van der Waals surface area contributed by atoms with Crippen molar-refractivity contribution in [3.05, 3.63) is 30.1 Å². The highest BCUT2D eigenvalue weighted by Gasteiger charge is 2.30. The van der Waals surface area contributed by atoms with E-state index in [0.717, 1.165) is 5.56 Å². The molecule has 5 heteroatoms. The normalized spacial score (nSPS) is 22.1. The summed E-state index contributed by atoms with van der Waals surface area (Å²) in [5.41, 5.74) is 1.03. The van der Waals surface area contributed by atoms with E-state index >= 15 is 0 Å². The number of hydrogen-bond acceptors (Lipinski definition) is 4. The summed E-state index contributed by atoms with van der Waals surface area (Å²) < 4.78 is 0. The molecule has 1 saturated carbocycles. The fraction of sp³-hybridized carbons (Fsp3) is 0.600. The molecule has 1 fully saturated rings. The number of thioether (sulfide) groups is 1. The number of amides is 1. The lowest BCUT2D eigenvalue weighted by atomic mass is 10.2. The van der Waals surface area contributed by atoms with Gasteiger partial charge in [-0.25, -0.2) is 0 Å². The molecule has 0 bridgehead atoms. The maximum Gasteiger partial charge on any atom is 0.234 e. The number of nitrogens with zero attached hydrogens (tertiary/aromatic N) is 2. The number of pyridine rings is 1. The van der Waals surface area contributed by atoms with Crippen LogP contribution < -0.4 is 5.32 Å². The van der Waals surface area contributed by atoms with Gasteiger partial charge in [0.15, 0.2) is 0 Å². The second-order valence-electron chi connectivity index (χ2n) is 5.33. The van der Waals surface area contributed by atoms with Crippen molar-refractivity contribution in [2.45, 2.75) is 37.1 Å². The first kappa shape index (κ1) is 15.3. The maximum atomic E-state index is 12.0. The van der Waals surface area contributed by atoms with Gasteiger partial charge in [0.2, 0.25) is 5.91 Å². The summed E-state index contributed by atoms with van der Waals surface area (Å²) in [6, 6.07) is 4.39. The van der Waals surface area contributed by atoms with Gasteiger partial charge in [-0.15, -0.1) is 0 Å². The van der Waals surface area contributed by atoms with Gasteiger partial charge in [-0.3, -0.25) is 14.7 Å². The molecule has 1 heterocycles. The molecule has 1 aliphatic carbocycles. The quantitative estimate of drug-likeness (QED) is 0.870. The minimum atomic E-state index is 0.0862. The first-order valence-corrected chi connectivity index (χ1v) is 8.38. The highest BCUT2D eigenvalue weighted by Crippen LogP contribution is 2.31. The summed E-state index contributed by atoms with van der Waals surface area (Å²) in [7, 11) is 2.06. The second-order valence-corrected chi connectivity index (χ2v) is 6.40. The van der Waals surface area contributed by atoms with E-state index in [9.17, 15) is 4.79 Å². The predicted octanol–water partition coefficient (Wildman–Crippen LogP) is 1.91. The Bertz CT molecular complexity index is 426. The van der Waals surface area contributed by atoms with E-state index in [4.69, 9.17) is 0 Å². The van der Waals surface area contributed by atoms with Crippen molar-refractivity contribution in [3.8, 4) is 0 Å². The van der Waals surface area contributed by atoms with E-state index in [0.29, 0.717) is 24.4 Å². The van der Waals surface area contributed by atoms with Crippen LogP contribution in [-0.4, -0.2) is 46.9 Å². The molecule has 1 amide bonds. The zero-order chi connectivity index (χ0) is 14.4. The van der Waals surface area contributed by atoms with E-state index in [1.165, 1.54) is 19.3 Å². The summed E-state index contributed by atoms with van der Waals surface area (Å²) in [6.07, 6.45) is 9.44. The average Bonchev–Trinajstić information content (AvgIpc) is 2.95. The summed E-state index contributed by atoms with van der Waals surface area (Å²) >= 11 is 1.92. The molecule has 0 saturated heterocycles. The number of likely N-dealkylation sites (N-methyl/N-ethyl adjacent to an activating group) is 1. The van der Waals surface area contributed by atoms with Crippen LogP contribution in [0.4, 0.5) is 0 Å². The lowest BCUT2D eigenvalue weighted by molar-refractivity contribution is -0.122. The summed E-state index contributed by atoms with van der Waals surface area (Å²) in [4.78, 5) is 18.2. The molecule has 1 aromatic heterocycles. The Morgan fingerprint density at radius 2 is 2.40 bits per heavy atom. The van der Waals surface area contributed by atoms with Gasteiger partial charge in [0.1, 0.15) is 0 Å². The lowest BCUT2D eigenvalue weighted by Crippen LogP contribution is -2.42. The highest BCUT2D eigenvalue weighted by molar-refractivity contribution is 7.99. The third kappa shape index (κ3) is 4.21. The minimum Gasteiger partial charge on any atom is -0.351 e. The van der Waals surface area contributed by atoms with Gasteiger partial charge < -0.3 is 5.32 Å². The van der Waals surface area contributed by atoms with Gasteiger partial charge in [0, 0.05) is 30.2 Å². The van der Waals surface area contributed by atoms with Gasteiger partial charge >= 0.3 is 0 Å². The molecule has 1 aliphatic rings. The van der Waals surface area contributed by atoms with E-state index in [1.54, 1.807) is 12.4 Å². The summed E-state index contributed by atoms with van der Waals surface area (Å²) in [5.74, 6) is 0.0862. The van der Waals surface area contributed by atoms with Gasteiger partial charge in [0.05, 0.1) is 6.54 Å². The first-order valence-electron chi connectivity index (χ1n) is 7.09. The van der Waals surface area contributed by atoms with E-state index in [-0.39, 0.29) is 5.91 Å². The fourth-order valence-corrected chi connectivity index (χ4v) is 3.85. The topological polar surface area (TPSA) is 45.2 Å². The third-order valence-electron chi connectivity index (χ3n) is 3.89. The molecule has 0 radical (unpaired) electrons. The standard InChI is InChI=1S/C15H23N3OS/c1-18(13-6-3-7-14(13)20-2)11-15(19)17-10-12-5-4-8-16-9-12/h4-5,8-9,13-14H,3,6-7,10-11H2,1-2H3,(H,17,19)/t13-,14-/m0/s1. The largest absolute Gasteiger partial charge is 0.351 e. The van der Waals surface area contributed by atoms with Crippen LogP contribution in [0.1, 0.15) is 24.8 Å². The molecule has 2 atom stereocenters. The summed E-state index contributed by atoms with van der Waals surface area (Å²) in [5, 5.41) is 3.63. The van der Waals surface area contributed by atoms with Crippen LogP contribution >= 0.6 is 11.8 Å². The van der Waals surface area contributed by atoms with E-state index in [1.807, 2.05) is 23.9 Å². The number of rotatable bonds is 6. The van der Waals surface area contributed by atoms with Crippen LogP contribution in [0.5, 0.6) is 0 Å². The Morgan fingerprint density at radius 3 is 3.10 bits per heavy atom. The van der Waals surface area contributed by atoms with Crippen molar-refractivity contribution in [1.82, 2.24) is 15.2 Å². The molecule has 1 N–H and O–H groups in total. The van der Waals surface area contributed by atoms with Gasteiger partial charge in [-0.05, 0) is 37.8 Å². The maximum absolute atomic E-state index is 12.0. The zero-order valence-corrected chi connectivity index (χ0v) is 13.0. The second kappa shape index (κ2) is 7.64. The van der Waals surface area contributed by atoms with Crippen molar-refractivity contribution >= 4 is 17.7 Å². The van der Waals surface area contributed by atoms with E-state index in [2.05, 4.69) is 28.5 Å². The SMILES string of the molecule is CS[C@H]1CCC[C@@H]1N(C)CC(=O)NCc1cccnc1. The van der Waals surface area contributed by atoms with Crippen molar-refractivity contribution in [2.24, 2.45) is 0 Å². The van der Waals surface area contributed by atoms with Crippen LogP contribution in [0.15, 0.2) is 24.5 Å². The number of carbonyl (C=O) groups excluding carboxylic acids is 1. The zero-order valence-electron chi connectivity index (χ0n) is 12.2. The van der Waals surface area contributed by atoms with Crippen LogP contribution in [-0.2, 0) is 11.3 Å². The molecule has 0 unspecified atom stereocenters. The average molecular weight is 293 g/mol. The number of nitrogens with one attached hydrogen (secondary N) is 1. The molecular formula is C15H23N3OS. The van der Waals surface area contributed by atoms with Crippen LogP contribution in [0.25, 0.3) is 0 Å². The van der Waals surface area contributed by atoms with Crippen LogP contribution in [0, 0.1) is 0 Å². The van der Waals surface area contributed by atoms with Crippen molar-refractivity contribution in [3.63, 3.8) is 0 Å². The molecule has 4 nitrogen and oxygen atoms in total. The molecule has 20 heavy (non-hydrogen) atoms. The van der Waals surface area contributed by atoms with Crippen LogP contribution in [0.3, 0.4) is 0 Å². The molecule has 0 spiro atoms.